The molecule has 0 fully saturated rings. The zero-order valence-corrected chi connectivity index (χ0v) is 11.2. The van der Waals surface area contributed by atoms with Crippen LogP contribution in [-0.2, 0) is 0 Å². The largest absolute Gasteiger partial charge is 0.384 e. The fourth-order valence-corrected chi connectivity index (χ4v) is 2.21. The van der Waals surface area contributed by atoms with Gasteiger partial charge in [0.1, 0.15) is 0 Å². The fourth-order valence-electron chi connectivity index (χ4n) is 1.73. The maximum atomic E-state index is 3.58. The Morgan fingerprint density at radius 3 is 2.44 bits per heavy atom. The van der Waals surface area contributed by atoms with Crippen molar-refractivity contribution in [3.63, 3.8) is 0 Å². The van der Waals surface area contributed by atoms with Crippen molar-refractivity contribution in [2.75, 3.05) is 11.9 Å². The lowest BCUT2D eigenvalue weighted by Crippen LogP contribution is -2.08. The van der Waals surface area contributed by atoms with Gasteiger partial charge in [-0.15, -0.1) is 0 Å². The van der Waals surface area contributed by atoms with Gasteiger partial charge in [0.2, 0.25) is 0 Å². The number of benzene rings is 2. The number of halogens is 1. The van der Waals surface area contributed by atoms with E-state index in [2.05, 4.69) is 71.5 Å². The first kappa shape index (κ1) is 11.5. The van der Waals surface area contributed by atoms with Crippen LogP contribution in [0.15, 0.2) is 40.9 Å². The van der Waals surface area contributed by atoms with E-state index in [9.17, 15) is 0 Å². The minimum absolute atomic E-state index is 0.655. The number of hydrogen-bond donors (Lipinski definition) is 1. The number of fused-ring (bicyclic) bond motifs is 1. The van der Waals surface area contributed by atoms with Crippen LogP contribution in [0.4, 0.5) is 5.69 Å². The van der Waals surface area contributed by atoms with E-state index < -0.39 is 0 Å². The number of rotatable bonds is 3. The lowest BCUT2D eigenvalue weighted by atomic mass is 10.1. The third-order valence-electron chi connectivity index (χ3n) is 2.57. The van der Waals surface area contributed by atoms with Crippen molar-refractivity contribution in [2.45, 2.75) is 13.8 Å². The summed E-state index contributed by atoms with van der Waals surface area (Å²) < 4.78 is 1.15. The van der Waals surface area contributed by atoms with Crippen LogP contribution in [0.25, 0.3) is 10.8 Å². The van der Waals surface area contributed by atoms with Crippen LogP contribution >= 0.6 is 15.9 Å². The summed E-state index contributed by atoms with van der Waals surface area (Å²) in [5.41, 5.74) is 1.22. The number of nitrogens with one attached hydrogen (secondary N) is 1. The van der Waals surface area contributed by atoms with E-state index in [1.807, 2.05) is 0 Å². The highest BCUT2D eigenvalue weighted by Crippen LogP contribution is 2.29. The van der Waals surface area contributed by atoms with E-state index in [-0.39, 0.29) is 0 Å². The van der Waals surface area contributed by atoms with E-state index in [0.717, 1.165) is 11.0 Å². The lowest BCUT2D eigenvalue weighted by Gasteiger charge is -2.12. The van der Waals surface area contributed by atoms with E-state index in [0.29, 0.717) is 5.92 Å². The number of hydrogen-bond acceptors (Lipinski definition) is 1. The summed E-state index contributed by atoms with van der Waals surface area (Å²) in [4.78, 5) is 0. The third kappa shape index (κ3) is 2.38. The first-order chi connectivity index (χ1) is 7.68. The first-order valence-corrected chi connectivity index (χ1v) is 6.39. The van der Waals surface area contributed by atoms with Gasteiger partial charge in [-0.05, 0) is 23.4 Å². The fraction of sp³-hybridized carbons (Fsp3) is 0.286. The molecule has 1 nitrogen and oxygen atoms in total. The molecule has 0 aliphatic carbocycles. The van der Waals surface area contributed by atoms with Crippen LogP contribution in [0.1, 0.15) is 13.8 Å². The van der Waals surface area contributed by atoms with Crippen molar-refractivity contribution in [1.82, 2.24) is 0 Å². The molecule has 84 valence electrons. The lowest BCUT2D eigenvalue weighted by molar-refractivity contribution is 0.689. The predicted molar refractivity (Wildman–Crippen MR) is 75.0 cm³/mol. The molecular formula is C14H16BrN. The minimum Gasteiger partial charge on any atom is -0.384 e. The standard InChI is InChI=1S/C14H16BrN/c1-10(2)9-16-14-8-7-13(15)11-5-3-4-6-12(11)14/h3-8,10,16H,9H2,1-2H3. The highest BCUT2D eigenvalue weighted by molar-refractivity contribution is 9.10. The minimum atomic E-state index is 0.655. The molecule has 2 aromatic carbocycles. The smallest absolute Gasteiger partial charge is 0.0420 e. The summed E-state index contributed by atoms with van der Waals surface area (Å²) in [6.45, 7) is 5.44. The molecule has 2 rings (SSSR count). The summed E-state index contributed by atoms with van der Waals surface area (Å²) in [5, 5.41) is 6.03. The predicted octanol–water partition coefficient (Wildman–Crippen LogP) is 4.67. The van der Waals surface area contributed by atoms with Crippen LogP contribution in [0.2, 0.25) is 0 Å². The second-order valence-corrected chi connectivity index (χ2v) is 5.27. The van der Waals surface area contributed by atoms with Crippen LogP contribution < -0.4 is 5.32 Å². The molecule has 2 heteroatoms. The van der Waals surface area contributed by atoms with Crippen molar-refractivity contribution in [1.29, 1.82) is 0 Å². The van der Waals surface area contributed by atoms with Crippen LogP contribution in [0.3, 0.4) is 0 Å². The van der Waals surface area contributed by atoms with Gasteiger partial charge in [0.05, 0.1) is 0 Å². The summed E-state index contributed by atoms with van der Waals surface area (Å²) in [7, 11) is 0. The Balaban J connectivity index is 2.42. The van der Waals surface area contributed by atoms with Crippen LogP contribution in [0.5, 0.6) is 0 Å². The van der Waals surface area contributed by atoms with Gasteiger partial charge in [-0.25, -0.2) is 0 Å². The zero-order valence-electron chi connectivity index (χ0n) is 9.63. The average Bonchev–Trinajstić information content (AvgIpc) is 2.28. The molecule has 0 heterocycles. The second kappa shape index (κ2) is 4.88. The average molecular weight is 278 g/mol. The van der Waals surface area contributed by atoms with Gasteiger partial charge in [-0.2, -0.15) is 0 Å². The van der Waals surface area contributed by atoms with Crippen molar-refractivity contribution in [3.8, 4) is 0 Å². The highest BCUT2D eigenvalue weighted by atomic mass is 79.9. The van der Waals surface area contributed by atoms with Crippen molar-refractivity contribution in [2.24, 2.45) is 5.92 Å². The Morgan fingerprint density at radius 2 is 1.75 bits per heavy atom. The van der Waals surface area contributed by atoms with Crippen molar-refractivity contribution >= 4 is 32.4 Å². The van der Waals surface area contributed by atoms with E-state index in [1.54, 1.807) is 0 Å². The summed E-state index contributed by atoms with van der Waals surface area (Å²) in [5.74, 6) is 0.655. The van der Waals surface area contributed by atoms with Crippen molar-refractivity contribution < 1.29 is 0 Å². The maximum Gasteiger partial charge on any atom is 0.0420 e. The molecule has 0 radical (unpaired) electrons. The van der Waals surface area contributed by atoms with E-state index in [4.69, 9.17) is 0 Å². The highest BCUT2D eigenvalue weighted by Gasteiger charge is 2.03. The van der Waals surface area contributed by atoms with Crippen LogP contribution in [0, 0.1) is 5.92 Å². The Kier molecular flexibility index (Phi) is 3.49. The Labute approximate surface area is 105 Å². The molecule has 0 saturated heterocycles. The van der Waals surface area contributed by atoms with E-state index >= 15 is 0 Å². The SMILES string of the molecule is CC(C)CNc1ccc(Br)c2ccccc12. The Bertz CT molecular complexity index is 491. The molecule has 0 atom stereocenters. The van der Waals surface area contributed by atoms with Crippen molar-refractivity contribution in [3.05, 3.63) is 40.9 Å². The third-order valence-corrected chi connectivity index (χ3v) is 3.26. The molecule has 0 amide bonds. The first-order valence-electron chi connectivity index (χ1n) is 5.59. The molecule has 0 aromatic heterocycles. The zero-order chi connectivity index (χ0) is 11.5. The molecule has 0 saturated carbocycles. The summed E-state index contributed by atoms with van der Waals surface area (Å²) >= 11 is 3.58. The molecule has 0 aliphatic rings. The van der Waals surface area contributed by atoms with Gasteiger partial charge in [0.15, 0.2) is 0 Å². The molecule has 2 aromatic rings. The second-order valence-electron chi connectivity index (χ2n) is 4.42. The van der Waals surface area contributed by atoms with E-state index in [1.165, 1.54) is 16.5 Å². The van der Waals surface area contributed by atoms with Gasteiger partial charge in [-0.3, -0.25) is 0 Å². The quantitative estimate of drug-likeness (QED) is 0.860. The molecule has 16 heavy (non-hydrogen) atoms. The van der Waals surface area contributed by atoms with Gasteiger partial charge in [-0.1, -0.05) is 54.0 Å². The summed E-state index contributed by atoms with van der Waals surface area (Å²) in [6, 6.07) is 12.7. The Morgan fingerprint density at radius 1 is 1.06 bits per heavy atom. The van der Waals surface area contributed by atoms with Gasteiger partial charge < -0.3 is 5.32 Å². The normalized spacial score (nSPS) is 11.0. The summed E-state index contributed by atoms with van der Waals surface area (Å²) in [6.07, 6.45) is 0. The number of anilines is 1. The molecule has 1 N–H and O–H groups in total. The molecule has 0 aliphatic heterocycles. The monoisotopic (exact) mass is 277 g/mol. The van der Waals surface area contributed by atoms with Crippen LogP contribution in [-0.4, -0.2) is 6.54 Å². The molecule has 0 unspecified atom stereocenters. The molecule has 0 spiro atoms. The topological polar surface area (TPSA) is 12.0 Å². The Hall–Kier alpha value is -1.02. The maximum absolute atomic E-state index is 3.58. The van der Waals surface area contributed by atoms with Gasteiger partial charge in [0.25, 0.3) is 0 Å². The molecular weight excluding hydrogens is 262 g/mol. The molecule has 0 bridgehead atoms. The van der Waals surface area contributed by atoms with Gasteiger partial charge >= 0.3 is 0 Å². The van der Waals surface area contributed by atoms with Gasteiger partial charge in [0, 0.05) is 22.1 Å².